The van der Waals surface area contributed by atoms with Gasteiger partial charge in [0.1, 0.15) is 17.1 Å². The molecule has 1 saturated heterocycles. The van der Waals surface area contributed by atoms with Gasteiger partial charge in [-0.1, -0.05) is 24.3 Å². The van der Waals surface area contributed by atoms with Crippen molar-refractivity contribution in [3.63, 3.8) is 0 Å². The van der Waals surface area contributed by atoms with Gasteiger partial charge >= 0.3 is 5.97 Å². The number of nitrogens with two attached hydrogens (primary N) is 1. The summed E-state index contributed by atoms with van der Waals surface area (Å²) in [5.41, 5.74) is 9.72. The minimum absolute atomic E-state index is 0.0921. The molecule has 35 heavy (non-hydrogen) atoms. The van der Waals surface area contributed by atoms with Gasteiger partial charge in [0.2, 0.25) is 0 Å². The van der Waals surface area contributed by atoms with Crippen LogP contribution in [0.15, 0.2) is 55.6 Å². The maximum Gasteiger partial charge on any atom is 0.312 e. The smallest absolute Gasteiger partial charge is 0.312 e. The van der Waals surface area contributed by atoms with Gasteiger partial charge in [-0.3, -0.25) is 9.69 Å². The molecule has 2 aromatic carbocycles. The van der Waals surface area contributed by atoms with E-state index < -0.39 is 17.7 Å². The predicted octanol–water partition coefficient (Wildman–Crippen LogP) is 5.06. The molecule has 1 fully saturated rings. The Labute approximate surface area is 208 Å². The van der Waals surface area contributed by atoms with Gasteiger partial charge in [0.05, 0.1) is 12.1 Å². The average Bonchev–Trinajstić information content (AvgIpc) is 2.77. The Hall–Kier alpha value is -3.09. The van der Waals surface area contributed by atoms with Crippen LogP contribution in [0.4, 0.5) is 0 Å². The summed E-state index contributed by atoms with van der Waals surface area (Å²) in [6.45, 7) is 14.3. The van der Waals surface area contributed by atoms with Crippen molar-refractivity contribution in [2.24, 2.45) is 11.7 Å². The number of allylic oxidation sites excluding steroid dienone is 2. The van der Waals surface area contributed by atoms with E-state index in [0.717, 1.165) is 17.5 Å². The number of likely N-dealkylation sites (tertiary alicyclic amines) is 1. The molecule has 1 heterocycles. The zero-order chi connectivity index (χ0) is 25.8. The molecule has 2 atom stereocenters. The van der Waals surface area contributed by atoms with Gasteiger partial charge in [-0.15, -0.1) is 13.2 Å². The Kier molecular flexibility index (Phi) is 8.41. The number of nitrogens with zero attached hydrogens (tertiary/aromatic N) is 1. The molecule has 1 aliphatic heterocycles. The lowest BCUT2D eigenvalue weighted by Gasteiger charge is -2.39. The molecule has 2 unspecified atom stereocenters. The van der Waals surface area contributed by atoms with Crippen molar-refractivity contribution < 1.29 is 19.7 Å². The predicted molar refractivity (Wildman–Crippen MR) is 140 cm³/mol. The van der Waals surface area contributed by atoms with Gasteiger partial charge in [0.25, 0.3) is 0 Å². The number of ether oxygens (including phenoxy) is 1. The minimum Gasteiger partial charge on any atom is -0.507 e. The fourth-order valence-electron chi connectivity index (χ4n) is 4.59. The lowest BCUT2D eigenvalue weighted by atomic mass is 9.92. The van der Waals surface area contributed by atoms with Crippen LogP contribution in [-0.4, -0.2) is 39.4 Å². The van der Waals surface area contributed by atoms with E-state index in [-0.39, 0.29) is 17.5 Å². The third kappa shape index (κ3) is 6.53. The average molecular weight is 479 g/mol. The summed E-state index contributed by atoms with van der Waals surface area (Å²) in [5.74, 6) is -0.533. The van der Waals surface area contributed by atoms with Crippen molar-refractivity contribution in [3.8, 4) is 22.6 Å². The van der Waals surface area contributed by atoms with E-state index in [9.17, 15) is 15.0 Å². The van der Waals surface area contributed by atoms with Crippen LogP contribution in [-0.2, 0) is 28.9 Å². The highest BCUT2D eigenvalue weighted by Crippen LogP contribution is 2.40. The Balaban J connectivity index is 1.96. The minimum atomic E-state index is -0.576. The second kappa shape index (κ2) is 11.1. The number of hydrogen-bond donors (Lipinski definition) is 3. The number of phenols is 2. The molecular weight excluding hydrogens is 440 g/mol. The van der Waals surface area contributed by atoms with Gasteiger partial charge in [-0.25, -0.2) is 0 Å². The first-order valence-corrected chi connectivity index (χ1v) is 12.2. The number of aromatic hydroxyl groups is 2. The number of hydrogen-bond acceptors (Lipinski definition) is 6. The van der Waals surface area contributed by atoms with Crippen molar-refractivity contribution in [1.82, 2.24) is 4.90 Å². The van der Waals surface area contributed by atoms with Crippen LogP contribution in [0.5, 0.6) is 11.5 Å². The SMILES string of the molecule is C=CCc1ccc(O)c(-c2cc(CC=C)cc(CN3CCCC(C(=O)OC(C)(C)C)C3N)c2O)c1. The van der Waals surface area contributed by atoms with Crippen LogP contribution < -0.4 is 5.73 Å². The van der Waals surface area contributed by atoms with E-state index in [2.05, 4.69) is 13.2 Å². The van der Waals surface area contributed by atoms with Crippen LogP contribution >= 0.6 is 0 Å². The summed E-state index contributed by atoms with van der Waals surface area (Å²) in [6, 6.07) is 9.18. The summed E-state index contributed by atoms with van der Waals surface area (Å²) in [4.78, 5) is 14.8. The first kappa shape index (κ1) is 26.5. The summed E-state index contributed by atoms with van der Waals surface area (Å²) >= 11 is 0. The highest BCUT2D eigenvalue weighted by atomic mass is 16.6. The fraction of sp³-hybridized carbons (Fsp3) is 0.414. The molecule has 188 valence electrons. The van der Waals surface area contributed by atoms with Crippen molar-refractivity contribution in [1.29, 1.82) is 0 Å². The highest BCUT2D eigenvalue weighted by Gasteiger charge is 2.36. The normalized spacial score (nSPS) is 18.7. The van der Waals surface area contributed by atoms with E-state index in [1.54, 1.807) is 18.2 Å². The number of carbonyl (C=O) groups excluding carboxylic acids is 1. The number of rotatable bonds is 8. The van der Waals surface area contributed by atoms with Crippen molar-refractivity contribution in [2.45, 2.75) is 64.8 Å². The maximum atomic E-state index is 12.8. The summed E-state index contributed by atoms with van der Waals surface area (Å²) in [5, 5.41) is 21.9. The highest BCUT2D eigenvalue weighted by molar-refractivity contribution is 5.78. The zero-order valence-corrected chi connectivity index (χ0v) is 21.1. The Morgan fingerprint density at radius 3 is 2.43 bits per heavy atom. The summed E-state index contributed by atoms with van der Waals surface area (Å²) < 4.78 is 5.60. The van der Waals surface area contributed by atoms with Crippen LogP contribution in [0.25, 0.3) is 11.1 Å². The molecule has 1 aliphatic rings. The number of piperidine rings is 1. The van der Waals surface area contributed by atoms with Crippen molar-refractivity contribution >= 4 is 5.97 Å². The van der Waals surface area contributed by atoms with Gasteiger partial charge in [0.15, 0.2) is 0 Å². The molecule has 3 rings (SSSR count). The largest absolute Gasteiger partial charge is 0.507 e. The van der Waals surface area contributed by atoms with Gasteiger partial charge in [0, 0.05) is 29.8 Å². The third-order valence-electron chi connectivity index (χ3n) is 6.24. The van der Waals surface area contributed by atoms with Crippen LogP contribution in [0.3, 0.4) is 0 Å². The number of phenolic OH excluding ortho intramolecular Hbond substituents is 2. The molecule has 2 aromatic rings. The summed E-state index contributed by atoms with van der Waals surface area (Å²) in [7, 11) is 0. The molecule has 0 aromatic heterocycles. The standard InChI is InChI=1S/C29H38N2O4/c1-6-9-19-12-13-25(32)23(16-19)24-17-20(10-7-2)15-21(26(24)33)18-31-14-8-11-22(27(31)30)28(34)35-29(3,4)5/h6-7,12-13,15-17,22,27,32-33H,1-2,8-11,14,18,30H2,3-5H3. The number of benzene rings is 2. The molecule has 6 nitrogen and oxygen atoms in total. The van der Waals surface area contributed by atoms with E-state index >= 15 is 0 Å². The Morgan fingerprint density at radius 1 is 1.11 bits per heavy atom. The first-order chi connectivity index (χ1) is 16.5. The third-order valence-corrected chi connectivity index (χ3v) is 6.24. The fourth-order valence-corrected chi connectivity index (χ4v) is 4.59. The molecule has 0 saturated carbocycles. The maximum absolute atomic E-state index is 12.8. The van der Waals surface area contributed by atoms with E-state index in [0.29, 0.717) is 49.0 Å². The lowest BCUT2D eigenvalue weighted by Crippen LogP contribution is -2.53. The first-order valence-electron chi connectivity index (χ1n) is 12.2. The zero-order valence-electron chi connectivity index (χ0n) is 21.1. The molecule has 0 spiro atoms. The van der Waals surface area contributed by atoms with E-state index in [1.165, 1.54) is 0 Å². The molecule has 0 aliphatic carbocycles. The molecule has 0 amide bonds. The lowest BCUT2D eigenvalue weighted by molar-refractivity contribution is -0.164. The van der Waals surface area contributed by atoms with E-state index in [4.69, 9.17) is 10.5 Å². The van der Waals surface area contributed by atoms with Crippen LogP contribution in [0.1, 0.15) is 50.3 Å². The Morgan fingerprint density at radius 2 is 1.77 bits per heavy atom. The monoisotopic (exact) mass is 478 g/mol. The molecule has 0 bridgehead atoms. The second-order valence-electron chi connectivity index (χ2n) is 10.2. The van der Waals surface area contributed by atoms with Crippen LogP contribution in [0.2, 0.25) is 0 Å². The topological polar surface area (TPSA) is 96.0 Å². The van der Waals surface area contributed by atoms with Gasteiger partial charge < -0.3 is 20.7 Å². The van der Waals surface area contributed by atoms with Gasteiger partial charge in [-0.2, -0.15) is 0 Å². The molecular formula is C29H38N2O4. The number of esters is 1. The molecule has 0 radical (unpaired) electrons. The van der Waals surface area contributed by atoms with Crippen LogP contribution in [0, 0.1) is 5.92 Å². The molecule has 4 N–H and O–H groups in total. The van der Waals surface area contributed by atoms with Gasteiger partial charge in [-0.05, 0) is 75.8 Å². The summed E-state index contributed by atoms with van der Waals surface area (Å²) in [6.07, 6.45) is 5.83. The Bertz CT molecular complexity index is 1090. The quantitative estimate of drug-likeness (QED) is 0.363. The van der Waals surface area contributed by atoms with Crippen molar-refractivity contribution in [3.05, 3.63) is 72.3 Å². The van der Waals surface area contributed by atoms with E-state index in [1.807, 2.05) is 49.9 Å². The number of carbonyl (C=O) groups is 1. The second-order valence-corrected chi connectivity index (χ2v) is 10.2. The van der Waals surface area contributed by atoms with Crippen molar-refractivity contribution in [2.75, 3.05) is 6.54 Å². The molecule has 6 heteroatoms.